The summed E-state index contributed by atoms with van der Waals surface area (Å²) in [6.07, 6.45) is 0. The van der Waals surface area contributed by atoms with Crippen LogP contribution in [0.1, 0.15) is 23.7 Å². The fourth-order valence-corrected chi connectivity index (χ4v) is 4.83. The monoisotopic (exact) mass is 491 g/mol. The molecular formula is C25H25N5O4S. The van der Waals surface area contributed by atoms with Gasteiger partial charge in [0.05, 0.1) is 18.0 Å². The number of thioether (sulfide) groups is 1. The molecule has 10 heteroatoms. The summed E-state index contributed by atoms with van der Waals surface area (Å²) in [5, 5.41) is 7.84. The number of fused-ring (bicyclic) bond motifs is 2. The van der Waals surface area contributed by atoms with Gasteiger partial charge >= 0.3 is 0 Å². The van der Waals surface area contributed by atoms with Crippen molar-refractivity contribution in [2.45, 2.75) is 39.0 Å². The molecule has 2 aromatic carbocycles. The molecule has 3 heterocycles. The van der Waals surface area contributed by atoms with Crippen LogP contribution in [-0.2, 0) is 17.9 Å². The summed E-state index contributed by atoms with van der Waals surface area (Å²) in [7, 11) is 0. The molecular weight excluding hydrogens is 466 g/mol. The second-order valence-electron chi connectivity index (χ2n) is 8.28. The fourth-order valence-electron chi connectivity index (χ4n) is 4.04. The zero-order valence-corrected chi connectivity index (χ0v) is 20.5. The highest BCUT2D eigenvalue weighted by Crippen LogP contribution is 2.33. The molecule has 9 nitrogen and oxygen atoms in total. The van der Waals surface area contributed by atoms with Crippen LogP contribution in [0.3, 0.4) is 0 Å². The Morgan fingerprint density at radius 2 is 1.97 bits per heavy atom. The van der Waals surface area contributed by atoms with Crippen LogP contribution in [0.15, 0.2) is 52.4 Å². The lowest BCUT2D eigenvalue weighted by Gasteiger charge is -2.13. The lowest BCUT2D eigenvalue weighted by Crippen LogP contribution is -2.26. The molecule has 0 spiro atoms. The number of hydrogen-bond donors (Lipinski definition) is 1. The Balaban J connectivity index is 1.48. The van der Waals surface area contributed by atoms with E-state index in [4.69, 9.17) is 14.5 Å². The van der Waals surface area contributed by atoms with Crippen LogP contribution in [0.25, 0.3) is 11.0 Å². The van der Waals surface area contributed by atoms with Gasteiger partial charge in [-0.3, -0.25) is 18.8 Å². The lowest BCUT2D eigenvalue weighted by molar-refractivity contribution is -0.113. The van der Waals surface area contributed by atoms with Gasteiger partial charge in [0.15, 0.2) is 22.2 Å². The quantitative estimate of drug-likeness (QED) is 0.311. The molecule has 0 saturated heterocycles. The lowest BCUT2D eigenvalue weighted by atomic mass is 10.2. The van der Waals surface area contributed by atoms with Crippen LogP contribution in [-0.4, -0.2) is 37.8 Å². The second kappa shape index (κ2) is 9.46. The van der Waals surface area contributed by atoms with Crippen LogP contribution in [0.4, 0.5) is 5.69 Å². The molecule has 1 aliphatic rings. The summed E-state index contributed by atoms with van der Waals surface area (Å²) >= 11 is 1.22. The minimum absolute atomic E-state index is 0.105. The molecule has 1 amide bonds. The van der Waals surface area contributed by atoms with E-state index in [1.165, 1.54) is 11.8 Å². The molecule has 2 aromatic heterocycles. The molecule has 35 heavy (non-hydrogen) atoms. The van der Waals surface area contributed by atoms with Gasteiger partial charge in [0.2, 0.25) is 12.7 Å². The minimum Gasteiger partial charge on any atom is -0.454 e. The highest BCUT2D eigenvalue weighted by atomic mass is 32.2. The van der Waals surface area contributed by atoms with Crippen molar-refractivity contribution in [2.75, 3.05) is 17.9 Å². The first-order chi connectivity index (χ1) is 16.9. The van der Waals surface area contributed by atoms with Crippen molar-refractivity contribution in [2.24, 2.45) is 0 Å². The van der Waals surface area contributed by atoms with E-state index in [1.54, 1.807) is 9.25 Å². The van der Waals surface area contributed by atoms with Crippen LogP contribution in [0.5, 0.6) is 11.5 Å². The average molecular weight is 492 g/mol. The van der Waals surface area contributed by atoms with Crippen molar-refractivity contribution in [1.82, 2.24) is 19.3 Å². The van der Waals surface area contributed by atoms with E-state index < -0.39 is 0 Å². The SMILES string of the molecule is CCn1nc(C)c2nc(SCC(=O)Nc3cccc(C)c3)n(Cc3ccc4c(c3)OCO4)c(=O)c21. The van der Waals surface area contributed by atoms with Crippen molar-refractivity contribution in [3.05, 3.63) is 69.6 Å². The summed E-state index contributed by atoms with van der Waals surface area (Å²) < 4.78 is 14.2. The molecule has 0 radical (unpaired) electrons. The van der Waals surface area contributed by atoms with E-state index >= 15 is 0 Å². The molecule has 0 fully saturated rings. The van der Waals surface area contributed by atoms with Crippen molar-refractivity contribution in [1.29, 1.82) is 0 Å². The zero-order valence-electron chi connectivity index (χ0n) is 19.7. The van der Waals surface area contributed by atoms with Gasteiger partial charge in [-0.05, 0) is 56.2 Å². The minimum atomic E-state index is -0.197. The fraction of sp³-hybridized carbons (Fsp3) is 0.280. The number of carbonyl (C=O) groups is 1. The normalized spacial score (nSPS) is 12.3. The molecule has 0 unspecified atom stereocenters. The third-order valence-electron chi connectivity index (χ3n) is 5.69. The Morgan fingerprint density at radius 1 is 1.14 bits per heavy atom. The molecule has 0 atom stereocenters. The van der Waals surface area contributed by atoms with Crippen molar-refractivity contribution in [3.8, 4) is 11.5 Å². The van der Waals surface area contributed by atoms with E-state index in [9.17, 15) is 9.59 Å². The zero-order chi connectivity index (χ0) is 24.5. The third kappa shape index (κ3) is 4.61. The summed E-state index contributed by atoms with van der Waals surface area (Å²) in [5.74, 6) is 1.25. The van der Waals surface area contributed by atoms with Gasteiger partial charge in [-0.1, -0.05) is 30.0 Å². The van der Waals surface area contributed by atoms with Crippen molar-refractivity contribution < 1.29 is 14.3 Å². The van der Waals surface area contributed by atoms with E-state index in [2.05, 4.69) is 10.4 Å². The average Bonchev–Trinajstić information content (AvgIpc) is 3.43. The number of anilines is 1. The number of amides is 1. The highest BCUT2D eigenvalue weighted by molar-refractivity contribution is 7.99. The van der Waals surface area contributed by atoms with Crippen LogP contribution >= 0.6 is 11.8 Å². The topological polar surface area (TPSA) is 100 Å². The Labute approximate surface area is 206 Å². The van der Waals surface area contributed by atoms with Gasteiger partial charge in [-0.2, -0.15) is 5.10 Å². The largest absolute Gasteiger partial charge is 0.454 e. The van der Waals surface area contributed by atoms with Gasteiger partial charge in [0, 0.05) is 12.2 Å². The molecule has 1 N–H and O–H groups in total. The second-order valence-corrected chi connectivity index (χ2v) is 9.22. The summed E-state index contributed by atoms with van der Waals surface area (Å²) in [6, 6.07) is 13.2. The highest BCUT2D eigenvalue weighted by Gasteiger charge is 2.20. The van der Waals surface area contributed by atoms with Gasteiger partial charge in [0.25, 0.3) is 5.56 Å². The first-order valence-corrected chi connectivity index (χ1v) is 12.3. The third-order valence-corrected chi connectivity index (χ3v) is 6.67. The summed E-state index contributed by atoms with van der Waals surface area (Å²) in [4.78, 5) is 31.1. The molecule has 5 rings (SSSR count). The Bertz CT molecular complexity index is 1490. The molecule has 0 bridgehead atoms. The molecule has 4 aromatic rings. The van der Waals surface area contributed by atoms with Crippen LogP contribution < -0.4 is 20.3 Å². The number of nitrogens with one attached hydrogen (secondary N) is 1. The predicted molar refractivity (Wildman–Crippen MR) is 134 cm³/mol. The molecule has 180 valence electrons. The van der Waals surface area contributed by atoms with Crippen LogP contribution in [0.2, 0.25) is 0 Å². The maximum Gasteiger partial charge on any atom is 0.280 e. The summed E-state index contributed by atoms with van der Waals surface area (Å²) in [5.41, 5.74) is 4.15. The number of nitrogens with zero attached hydrogens (tertiary/aromatic N) is 4. The van der Waals surface area contributed by atoms with E-state index in [1.807, 2.05) is 63.2 Å². The Morgan fingerprint density at radius 3 is 2.77 bits per heavy atom. The molecule has 1 aliphatic heterocycles. The number of benzene rings is 2. The van der Waals surface area contributed by atoms with Gasteiger partial charge < -0.3 is 14.8 Å². The van der Waals surface area contributed by atoms with E-state index in [0.717, 1.165) is 16.8 Å². The molecule has 0 saturated carbocycles. The number of carbonyl (C=O) groups excluding carboxylic acids is 1. The van der Waals surface area contributed by atoms with Gasteiger partial charge in [-0.15, -0.1) is 0 Å². The van der Waals surface area contributed by atoms with Crippen molar-refractivity contribution >= 4 is 34.4 Å². The predicted octanol–water partition coefficient (Wildman–Crippen LogP) is 3.74. The first kappa shape index (κ1) is 23.0. The Hall–Kier alpha value is -3.79. The van der Waals surface area contributed by atoms with Crippen molar-refractivity contribution in [3.63, 3.8) is 0 Å². The number of rotatable bonds is 7. The number of aryl methyl sites for hydroxylation is 3. The van der Waals surface area contributed by atoms with E-state index in [0.29, 0.717) is 39.9 Å². The first-order valence-electron chi connectivity index (χ1n) is 11.3. The molecule has 0 aliphatic carbocycles. The van der Waals surface area contributed by atoms with Gasteiger partial charge in [-0.25, -0.2) is 4.98 Å². The maximum absolute atomic E-state index is 13.6. The van der Waals surface area contributed by atoms with Crippen LogP contribution in [0, 0.1) is 13.8 Å². The maximum atomic E-state index is 13.6. The Kier molecular flexibility index (Phi) is 6.21. The standard InChI is InChI=1S/C25H25N5O4S/c1-4-30-23-22(16(3)28-30)27-25(35-13-21(31)26-18-7-5-6-15(2)10-18)29(24(23)32)12-17-8-9-19-20(11-17)34-14-33-19/h5-11H,4,12-14H2,1-3H3,(H,26,31). The number of ether oxygens (including phenoxy) is 2. The van der Waals surface area contributed by atoms with E-state index in [-0.39, 0.29) is 30.6 Å². The van der Waals surface area contributed by atoms with Gasteiger partial charge in [0.1, 0.15) is 5.52 Å². The number of hydrogen-bond acceptors (Lipinski definition) is 7. The summed E-state index contributed by atoms with van der Waals surface area (Å²) in [6.45, 7) is 6.74. The smallest absolute Gasteiger partial charge is 0.280 e. The number of aromatic nitrogens is 4.